The highest BCUT2D eigenvalue weighted by Gasteiger charge is 2.37. The molecule has 15 heavy (non-hydrogen) atoms. The van der Waals surface area contributed by atoms with E-state index >= 15 is 0 Å². The fourth-order valence-electron chi connectivity index (χ4n) is 3.62. The van der Waals surface area contributed by atoms with Crippen molar-refractivity contribution in [3.8, 4) is 0 Å². The summed E-state index contributed by atoms with van der Waals surface area (Å²) in [6, 6.07) is 0. The first-order valence-electron chi connectivity index (χ1n) is 6.42. The molecule has 0 aliphatic heterocycles. The lowest BCUT2D eigenvalue weighted by atomic mass is 9.61. The molecule has 2 aliphatic carbocycles. The zero-order valence-corrected chi connectivity index (χ0v) is 10.4. The number of fused-ring (bicyclic) bond motifs is 1. The van der Waals surface area contributed by atoms with Gasteiger partial charge < -0.3 is 0 Å². The predicted octanol–water partition coefficient (Wildman–Crippen LogP) is 4.58. The fraction of sp³-hybridized carbons (Fsp3) is 0.733. The molecule has 1 unspecified atom stereocenters. The van der Waals surface area contributed by atoms with E-state index in [0.717, 1.165) is 23.7 Å². The summed E-state index contributed by atoms with van der Waals surface area (Å²) >= 11 is 0. The first-order valence-corrected chi connectivity index (χ1v) is 6.42. The van der Waals surface area contributed by atoms with Crippen molar-refractivity contribution in [1.29, 1.82) is 0 Å². The summed E-state index contributed by atoms with van der Waals surface area (Å²) in [6.45, 7) is 11.2. The first kappa shape index (κ1) is 11.0. The van der Waals surface area contributed by atoms with Crippen LogP contribution in [0.1, 0.15) is 46.5 Å². The van der Waals surface area contributed by atoms with Crippen molar-refractivity contribution < 1.29 is 0 Å². The minimum atomic E-state index is 0.765. The second-order valence-electron chi connectivity index (χ2n) is 5.80. The van der Waals surface area contributed by atoms with Crippen LogP contribution in [0.25, 0.3) is 0 Å². The van der Waals surface area contributed by atoms with Gasteiger partial charge in [-0.05, 0) is 63.2 Å². The Balaban J connectivity index is 2.24. The minimum absolute atomic E-state index is 0.765. The van der Waals surface area contributed by atoms with Crippen LogP contribution >= 0.6 is 0 Å². The topological polar surface area (TPSA) is 0 Å². The molecular formula is C15H24. The van der Waals surface area contributed by atoms with Gasteiger partial charge in [0, 0.05) is 0 Å². The molecule has 1 saturated carbocycles. The van der Waals surface area contributed by atoms with Gasteiger partial charge in [-0.1, -0.05) is 30.7 Å². The highest BCUT2D eigenvalue weighted by atomic mass is 14.4. The molecule has 0 amide bonds. The Kier molecular flexibility index (Phi) is 3.04. The van der Waals surface area contributed by atoms with Gasteiger partial charge in [0.05, 0.1) is 0 Å². The van der Waals surface area contributed by atoms with Crippen molar-refractivity contribution >= 4 is 0 Å². The molecule has 1 fully saturated rings. The molecule has 0 nitrogen and oxygen atoms in total. The molecule has 0 spiro atoms. The summed E-state index contributed by atoms with van der Waals surface area (Å²) in [7, 11) is 0. The quantitative estimate of drug-likeness (QED) is 0.548. The zero-order valence-electron chi connectivity index (χ0n) is 10.4. The summed E-state index contributed by atoms with van der Waals surface area (Å²) in [5.41, 5.74) is 3.01. The lowest BCUT2D eigenvalue weighted by molar-refractivity contribution is 0.135. The summed E-state index contributed by atoms with van der Waals surface area (Å²) in [6.07, 6.45) is 8.07. The van der Waals surface area contributed by atoms with Crippen LogP contribution < -0.4 is 0 Å². The van der Waals surface area contributed by atoms with Gasteiger partial charge in [0.2, 0.25) is 0 Å². The summed E-state index contributed by atoms with van der Waals surface area (Å²) in [4.78, 5) is 0. The molecule has 0 heteroatoms. The molecule has 2 rings (SSSR count). The Hall–Kier alpha value is -0.520. The van der Waals surface area contributed by atoms with Crippen LogP contribution in [0.15, 0.2) is 23.8 Å². The van der Waals surface area contributed by atoms with E-state index in [9.17, 15) is 0 Å². The van der Waals surface area contributed by atoms with Crippen LogP contribution in [-0.4, -0.2) is 0 Å². The largest absolute Gasteiger partial charge is 0.0998 e. The average molecular weight is 204 g/mol. The zero-order chi connectivity index (χ0) is 11.0. The van der Waals surface area contributed by atoms with E-state index in [1.54, 1.807) is 5.57 Å². The molecule has 2 aliphatic rings. The van der Waals surface area contributed by atoms with E-state index < -0.39 is 0 Å². The van der Waals surface area contributed by atoms with Gasteiger partial charge in [-0.15, -0.1) is 0 Å². The number of hydrogen-bond acceptors (Lipinski definition) is 0. The molecule has 0 heterocycles. The van der Waals surface area contributed by atoms with Gasteiger partial charge >= 0.3 is 0 Å². The maximum atomic E-state index is 4.19. The third kappa shape index (κ3) is 2.04. The van der Waals surface area contributed by atoms with Crippen molar-refractivity contribution in [3.05, 3.63) is 23.8 Å². The Morgan fingerprint density at radius 1 is 1.33 bits per heavy atom. The maximum absolute atomic E-state index is 4.19. The van der Waals surface area contributed by atoms with Crippen LogP contribution in [0.4, 0.5) is 0 Å². The van der Waals surface area contributed by atoms with Crippen LogP contribution in [0.2, 0.25) is 0 Å². The van der Waals surface area contributed by atoms with Crippen molar-refractivity contribution in [2.75, 3.05) is 0 Å². The Labute approximate surface area is 94.5 Å². The molecule has 4 atom stereocenters. The number of rotatable bonds is 1. The molecule has 0 saturated heterocycles. The standard InChI is InChI=1S/C15H24/c1-10(2)13-8-6-12(4)14-7-5-11(3)9-15(13)14/h9,12-15H,1,5-8H2,2-4H3/t12-,13+,14?,15-/m1/s1. The number of hydrogen-bond donors (Lipinski definition) is 0. The third-order valence-electron chi connectivity index (χ3n) is 4.60. The monoisotopic (exact) mass is 204 g/mol. The van der Waals surface area contributed by atoms with Crippen molar-refractivity contribution in [3.63, 3.8) is 0 Å². The predicted molar refractivity (Wildman–Crippen MR) is 66.7 cm³/mol. The lowest BCUT2D eigenvalue weighted by Gasteiger charge is -2.44. The summed E-state index contributed by atoms with van der Waals surface area (Å²) < 4.78 is 0. The molecule has 0 aromatic heterocycles. The smallest absolute Gasteiger partial charge is 0.0134 e. The highest BCUT2D eigenvalue weighted by Crippen LogP contribution is 2.47. The van der Waals surface area contributed by atoms with Crippen molar-refractivity contribution in [2.45, 2.75) is 46.5 Å². The molecule has 0 radical (unpaired) electrons. The van der Waals surface area contributed by atoms with Crippen LogP contribution in [0, 0.1) is 23.7 Å². The van der Waals surface area contributed by atoms with E-state index in [2.05, 4.69) is 33.4 Å². The SMILES string of the molecule is C=C(C)[C@@H]1CC[C@@H](C)C2CCC(C)=C[C@@H]21. The lowest BCUT2D eigenvalue weighted by Crippen LogP contribution is -2.34. The molecule has 0 N–H and O–H groups in total. The van der Waals surface area contributed by atoms with Crippen LogP contribution in [0.3, 0.4) is 0 Å². The van der Waals surface area contributed by atoms with Gasteiger partial charge in [0.15, 0.2) is 0 Å². The molecule has 0 bridgehead atoms. The number of allylic oxidation sites excluding steroid dienone is 3. The Morgan fingerprint density at radius 2 is 2.07 bits per heavy atom. The second kappa shape index (κ2) is 4.15. The molecule has 0 aromatic rings. The first-order chi connectivity index (χ1) is 7.09. The highest BCUT2D eigenvalue weighted by molar-refractivity contribution is 5.15. The summed E-state index contributed by atoms with van der Waals surface area (Å²) in [5, 5.41) is 0. The van der Waals surface area contributed by atoms with E-state index in [1.165, 1.54) is 31.3 Å². The van der Waals surface area contributed by atoms with E-state index in [4.69, 9.17) is 0 Å². The van der Waals surface area contributed by atoms with Crippen molar-refractivity contribution in [2.24, 2.45) is 23.7 Å². The van der Waals surface area contributed by atoms with Crippen LogP contribution in [-0.2, 0) is 0 Å². The molecule has 84 valence electrons. The molecule has 0 aromatic carbocycles. The second-order valence-corrected chi connectivity index (χ2v) is 5.80. The Bertz CT molecular complexity index is 284. The minimum Gasteiger partial charge on any atom is -0.0998 e. The molecular weight excluding hydrogens is 180 g/mol. The average Bonchev–Trinajstić information content (AvgIpc) is 2.17. The van der Waals surface area contributed by atoms with Gasteiger partial charge in [-0.3, -0.25) is 0 Å². The van der Waals surface area contributed by atoms with Gasteiger partial charge in [-0.2, -0.15) is 0 Å². The van der Waals surface area contributed by atoms with Gasteiger partial charge in [0.25, 0.3) is 0 Å². The van der Waals surface area contributed by atoms with E-state index in [1.807, 2.05) is 0 Å². The third-order valence-corrected chi connectivity index (χ3v) is 4.60. The van der Waals surface area contributed by atoms with Gasteiger partial charge in [0.1, 0.15) is 0 Å². The van der Waals surface area contributed by atoms with Gasteiger partial charge in [-0.25, -0.2) is 0 Å². The van der Waals surface area contributed by atoms with Crippen molar-refractivity contribution in [1.82, 2.24) is 0 Å². The van der Waals surface area contributed by atoms with E-state index in [-0.39, 0.29) is 0 Å². The fourth-order valence-corrected chi connectivity index (χ4v) is 3.62. The summed E-state index contributed by atoms with van der Waals surface area (Å²) in [5.74, 6) is 3.43. The normalized spacial score (nSPS) is 40.6. The van der Waals surface area contributed by atoms with Crippen LogP contribution in [0.5, 0.6) is 0 Å². The van der Waals surface area contributed by atoms with E-state index in [0.29, 0.717) is 0 Å². The Morgan fingerprint density at radius 3 is 2.73 bits per heavy atom. The maximum Gasteiger partial charge on any atom is -0.0134 e.